The van der Waals surface area contributed by atoms with Crippen molar-refractivity contribution in [3.8, 4) is 0 Å². The summed E-state index contributed by atoms with van der Waals surface area (Å²) in [5, 5.41) is 0. The van der Waals surface area contributed by atoms with E-state index in [2.05, 4.69) is 77.2 Å². The van der Waals surface area contributed by atoms with Gasteiger partial charge in [-0.05, 0) is 37.3 Å². The fourth-order valence-electron chi connectivity index (χ4n) is 6.07. The third-order valence-electron chi connectivity index (χ3n) is 7.98. The maximum absolute atomic E-state index is 12.5. The van der Waals surface area contributed by atoms with E-state index in [9.17, 15) is 9.59 Å². The molecular weight excluding hydrogens is 501 g/mol. The predicted octanol–water partition coefficient (Wildman–Crippen LogP) is 4.85. The Bertz CT molecular complexity index is 1320. The molecule has 200 valence electrons. The van der Waals surface area contributed by atoms with E-state index in [0.29, 0.717) is 12.0 Å². The summed E-state index contributed by atoms with van der Waals surface area (Å²) in [6.07, 6.45) is 4.18. The molecule has 1 N–H and O–H groups in total. The standard InChI is InChI=1S/C29H34N3O5P/c1-3-23-24(17-25(35-23)31-18-19(2)28(33)30-29(31)34)36-38-32-16-10-15-22(32)27(37-38)26(20-11-6-4-7-12-20)21-13-8-5-9-14-21/h4-9,11-14,18,22-27H,3,10,15-17H2,1-2H3,(H,30,33,34)/t22-,23-,24?,25-,27-,38-/m1/s1. The van der Waals surface area contributed by atoms with Gasteiger partial charge < -0.3 is 13.8 Å². The Hall–Kier alpha value is -2.61. The molecule has 2 aromatic carbocycles. The molecule has 0 spiro atoms. The van der Waals surface area contributed by atoms with Crippen LogP contribution in [-0.4, -0.2) is 45.1 Å². The van der Waals surface area contributed by atoms with Crippen molar-refractivity contribution in [1.82, 2.24) is 14.2 Å². The molecule has 0 radical (unpaired) electrons. The van der Waals surface area contributed by atoms with Crippen LogP contribution in [-0.2, 0) is 13.8 Å². The van der Waals surface area contributed by atoms with Crippen molar-refractivity contribution in [2.45, 2.75) is 76.0 Å². The number of rotatable bonds is 7. The fourth-order valence-corrected chi connectivity index (χ4v) is 8.08. The lowest BCUT2D eigenvalue weighted by atomic mass is 9.83. The molecule has 0 bridgehead atoms. The quantitative estimate of drug-likeness (QED) is 0.436. The zero-order valence-electron chi connectivity index (χ0n) is 21.7. The van der Waals surface area contributed by atoms with Crippen LogP contribution in [0.3, 0.4) is 0 Å². The Morgan fingerprint density at radius 1 is 1.08 bits per heavy atom. The van der Waals surface area contributed by atoms with Gasteiger partial charge >= 0.3 is 5.69 Å². The van der Waals surface area contributed by atoms with Gasteiger partial charge in [-0.2, -0.15) is 0 Å². The number of nitrogens with one attached hydrogen (secondary N) is 1. The normalized spacial score (nSPS) is 29.2. The second kappa shape index (κ2) is 10.9. The minimum absolute atomic E-state index is 0.0175. The largest absolute Gasteiger partial charge is 0.352 e. The van der Waals surface area contributed by atoms with Gasteiger partial charge in [-0.25, -0.2) is 9.46 Å². The number of aromatic nitrogens is 2. The number of hydrogen-bond donors (Lipinski definition) is 1. The summed E-state index contributed by atoms with van der Waals surface area (Å²) in [7, 11) is -1.28. The Balaban J connectivity index is 1.25. The first-order valence-corrected chi connectivity index (χ1v) is 14.6. The molecule has 1 aromatic heterocycles. The first-order valence-electron chi connectivity index (χ1n) is 13.5. The maximum Gasteiger partial charge on any atom is 0.330 e. The molecule has 6 atom stereocenters. The van der Waals surface area contributed by atoms with Gasteiger partial charge in [-0.15, -0.1) is 0 Å². The van der Waals surface area contributed by atoms with Crippen LogP contribution in [0.25, 0.3) is 0 Å². The van der Waals surface area contributed by atoms with Gasteiger partial charge in [0, 0.05) is 36.7 Å². The lowest BCUT2D eigenvalue weighted by Crippen LogP contribution is -2.33. The molecule has 0 aliphatic carbocycles. The maximum atomic E-state index is 12.5. The minimum Gasteiger partial charge on any atom is -0.352 e. The monoisotopic (exact) mass is 535 g/mol. The molecule has 6 rings (SSSR count). The van der Waals surface area contributed by atoms with Crippen molar-refractivity contribution >= 4 is 8.53 Å². The molecule has 38 heavy (non-hydrogen) atoms. The molecule has 3 aliphatic heterocycles. The van der Waals surface area contributed by atoms with E-state index in [-0.39, 0.29) is 35.8 Å². The summed E-state index contributed by atoms with van der Waals surface area (Å²) in [4.78, 5) is 26.8. The van der Waals surface area contributed by atoms with E-state index in [1.54, 1.807) is 13.1 Å². The second-order valence-electron chi connectivity index (χ2n) is 10.4. The van der Waals surface area contributed by atoms with E-state index in [0.717, 1.165) is 25.8 Å². The van der Waals surface area contributed by atoms with Gasteiger partial charge in [0.25, 0.3) is 14.1 Å². The van der Waals surface area contributed by atoms with Crippen molar-refractivity contribution in [1.29, 1.82) is 0 Å². The molecule has 0 amide bonds. The Morgan fingerprint density at radius 2 is 1.76 bits per heavy atom. The van der Waals surface area contributed by atoms with Crippen LogP contribution >= 0.6 is 8.53 Å². The second-order valence-corrected chi connectivity index (χ2v) is 11.8. The van der Waals surface area contributed by atoms with E-state index >= 15 is 0 Å². The Labute approximate surface area is 223 Å². The average Bonchev–Trinajstić information content (AvgIpc) is 3.65. The molecule has 0 saturated carbocycles. The lowest BCUT2D eigenvalue weighted by molar-refractivity contribution is -0.0190. The van der Waals surface area contributed by atoms with Gasteiger partial charge in [0.15, 0.2) is 0 Å². The van der Waals surface area contributed by atoms with Crippen LogP contribution in [0.4, 0.5) is 0 Å². The van der Waals surface area contributed by atoms with Crippen molar-refractivity contribution in [2.75, 3.05) is 6.54 Å². The van der Waals surface area contributed by atoms with E-state index in [1.165, 1.54) is 15.7 Å². The summed E-state index contributed by atoms with van der Waals surface area (Å²) in [6, 6.07) is 21.5. The number of ether oxygens (including phenoxy) is 1. The van der Waals surface area contributed by atoms with Crippen LogP contribution < -0.4 is 11.2 Å². The number of aromatic amines is 1. The molecule has 4 heterocycles. The Kier molecular flexibility index (Phi) is 7.34. The van der Waals surface area contributed by atoms with Gasteiger partial charge in [-0.1, -0.05) is 67.6 Å². The SMILES string of the molecule is CC[C@H]1O[C@@H](n2cc(C)c(=O)[nH]c2=O)CC1O[P@]1O[C@@H](C(c2ccccc2)c2ccccc2)[C@H]2CCCN21. The predicted molar refractivity (Wildman–Crippen MR) is 146 cm³/mol. The van der Waals surface area contributed by atoms with Gasteiger partial charge in [0.05, 0.1) is 18.3 Å². The van der Waals surface area contributed by atoms with E-state index in [4.69, 9.17) is 13.8 Å². The number of fused-ring (bicyclic) bond motifs is 1. The third-order valence-corrected chi connectivity index (χ3v) is 9.77. The molecular formula is C29H34N3O5P. The van der Waals surface area contributed by atoms with Crippen molar-refractivity contribution in [2.24, 2.45) is 0 Å². The molecule has 3 aromatic rings. The summed E-state index contributed by atoms with van der Waals surface area (Å²) in [6.45, 7) is 4.71. The van der Waals surface area contributed by atoms with Gasteiger partial charge in [0.2, 0.25) is 0 Å². The summed E-state index contributed by atoms with van der Waals surface area (Å²) < 4.78 is 23.8. The molecule has 3 saturated heterocycles. The topological polar surface area (TPSA) is 85.8 Å². The third kappa shape index (κ3) is 4.80. The van der Waals surface area contributed by atoms with Crippen LogP contribution in [0.15, 0.2) is 76.4 Å². The molecule has 8 nitrogen and oxygen atoms in total. The van der Waals surface area contributed by atoms with Crippen LogP contribution in [0.1, 0.15) is 61.4 Å². The van der Waals surface area contributed by atoms with Crippen LogP contribution in [0.2, 0.25) is 0 Å². The highest BCUT2D eigenvalue weighted by atomic mass is 31.2. The van der Waals surface area contributed by atoms with Crippen LogP contribution in [0.5, 0.6) is 0 Å². The highest BCUT2D eigenvalue weighted by Gasteiger charge is 2.52. The molecule has 9 heteroatoms. The first kappa shape index (κ1) is 25.7. The highest BCUT2D eigenvalue weighted by Crippen LogP contribution is 2.60. The fraction of sp³-hybridized carbons (Fsp3) is 0.448. The van der Waals surface area contributed by atoms with Gasteiger partial charge in [-0.3, -0.25) is 14.3 Å². The minimum atomic E-state index is -1.28. The molecule has 3 fully saturated rings. The number of aryl methyl sites for hydroxylation is 1. The number of hydrogen-bond acceptors (Lipinski definition) is 6. The summed E-state index contributed by atoms with van der Waals surface area (Å²) in [5.74, 6) is 0.108. The smallest absolute Gasteiger partial charge is 0.330 e. The first-order chi connectivity index (χ1) is 18.5. The zero-order chi connectivity index (χ0) is 26.2. The molecule has 1 unspecified atom stereocenters. The summed E-state index contributed by atoms with van der Waals surface area (Å²) in [5.41, 5.74) is 2.14. The van der Waals surface area contributed by atoms with Gasteiger partial charge in [0.1, 0.15) is 6.23 Å². The van der Waals surface area contributed by atoms with Crippen molar-refractivity contribution in [3.05, 3.63) is 104 Å². The van der Waals surface area contributed by atoms with Crippen molar-refractivity contribution in [3.63, 3.8) is 0 Å². The average molecular weight is 536 g/mol. The lowest BCUT2D eigenvalue weighted by Gasteiger charge is -2.27. The molecule has 3 aliphatic rings. The Morgan fingerprint density at radius 3 is 2.42 bits per heavy atom. The highest BCUT2D eigenvalue weighted by molar-refractivity contribution is 7.45. The number of nitrogens with zero attached hydrogens (tertiary/aromatic N) is 2. The van der Waals surface area contributed by atoms with Crippen LogP contribution in [0, 0.1) is 6.92 Å². The number of benzene rings is 2. The number of H-pyrrole nitrogens is 1. The summed E-state index contributed by atoms with van der Waals surface area (Å²) >= 11 is 0. The van der Waals surface area contributed by atoms with E-state index in [1.807, 2.05) is 0 Å². The van der Waals surface area contributed by atoms with Crippen molar-refractivity contribution < 1.29 is 13.8 Å². The van der Waals surface area contributed by atoms with E-state index < -0.39 is 20.4 Å². The zero-order valence-corrected chi connectivity index (χ0v) is 22.6.